The molecule has 0 atom stereocenters. The van der Waals surface area contributed by atoms with Gasteiger partial charge in [-0.1, -0.05) is 0 Å². The van der Waals surface area contributed by atoms with Crippen molar-refractivity contribution in [3.63, 3.8) is 0 Å². The Morgan fingerprint density at radius 1 is 1.20 bits per heavy atom. The summed E-state index contributed by atoms with van der Waals surface area (Å²) >= 11 is 0.768. The Hall–Kier alpha value is -4.26. The van der Waals surface area contributed by atoms with Crippen molar-refractivity contribution in [1.29, 1.82) is 0 Å². The highest BCUT2D eigenvalue weighted by Gasteiger charge is 2.27. The molecule has 13 heteroatoms. The minimum Gasteiger partial charge on any atom is -0.465 e. The summed E-state index contributed by atoms with van der Waals surface area (Å²) in [4.78, 5) is 41.4. The number of aromatic nitrogens is 3. The van der Waals surface area contributed by atoms with Gasteiger partial charge in [-0.05, 0) is 42.8 Å². The van der Waals surface area contributed by atoms with Crippen molar-refractivity contribution < 1.29 is 32.3 Å². The molecule has 0 saturated heterocycles. The predicted octanol–water partition coefficient (Wildman–Crippen LogP) is 3.98. The van der Waals surface area contributed by atoms with E-state index < -0.39 is 35.7 Å². The smallest absolute Gasteiger partial charge is 0.341 e. The van der Waals surface area contributed by atoms with Crippen LogP contribution in [0.15, 0.2) is 36.5 Å². The molecule has 3 heterocycles. The summed E-state index contributed by atoms with van der Waals surface area (Å²) in [6.45, 7) is 1.47. The van der Waals surface area contributed by atoms with Gasteiger partial charge in [0.2, 0.25) is 0 Å². The fraction of sp³-hybridized carbons (Fsp3) is 0.136. The van der Waals surface area contributed by atoms with Gasteiger partial charge in [0, 0.05) is 5.56 Å². The van der Waals surface area contributed by atoms with Crippen LogP contribution in [0.3, 0.4) is 0 Å². The first-order valence-electron chi connectivity index (χ1n) is 9.88. The number of nitrogens with zero attached hydrogens (tertiary/aromatic N) is 3. The summed E-state index contributed by atoms with van der Waals surface area (Å²) < 4.78 is 46.4. The number of carbonyl (C=O) groups excluding carboxylic acids is 3. The van der Waals surface area contributed by atoms with Gasteiger partial charge in [-0.2, -0.15) is 5.10 Å². The molecule has 35 heavy (non-hydrogen) atoms. The summed E-state index contributed by atoms with van der Waals surface area (Å²) in [5, 5.41) is 6.34. The van der Waals surface area contributed by atoms with Crippen LogP contribution in [0.2, 0.25) is 0 Å². The zero-order chi connectivity index (χ0) is 25.4. The summed E-state index contributed by atoms with van der Waals surface area (Å²) in [6, 6.07) is 6.12. The van der Waals surface area contributed by atoms with Gasteiger partial charge in [-0.3, -0.25) is 9.59 Å². The molecule has 0 spiro atoms. The predicted molar refractivity (Wildman–Crippen MR) is 120 cm³/mol. The Labute approximate surface area is 199 Å². The van der Waals surface area contributed by atoms with E-state index in [0.29, 0.717) is 5.56 Å². The molecule has 180 valence electrons. The normalized spacial score (nSPS) is 11.1. The fourth-order valence-electron chi connectivity index (χ4n) is 3.43. The average Bonchev–Trinajstić information content (AvgIpc) is 3.39. The molecule has 4 aromatic rings. The van der Waals surface area contributed by atoms with E-state index in [1.54, 1.807) is 0 Å². The third kappa shape index (κ3) is 4.33. The Morgan fingerprint density at radius 2 is 1.89 bits per heavy atom. The van der Waals surface area contributed by atoms with Gasteiger partial charge in [-0.25, -0.2) is 27.5 Å². The zero-order valence-electron chi connectivity index (χ0n) is 18.1. The van der Waals surface area contributed by atoms with Crippen LogP contribution in [0.1, 0.15) is 48.1 Å². The van der Waals surface area contributed by atoms with Crippen LogP contribution in [0.25, 0.3) is 16.9 Å². The molecule has 0 aliphatic carbocycles. The number of carbonyl (C=O) groups is 3. The molecule has 0 bridgehead atoms. The van der Waals surface area contributed by atoms with Crippen molar-refractivity contribution in [3.05, 3.63) is 69.6 Å². The summed E-state index contributed by atoms with van der Waals surface area (Å²) in [5.74, 6) is -2.96. The van der Waals surface area contributed by atoms with Crippen LogP contribution < -0.4 is 11.1 Å². The quantitative estimate of drug-likeness (QED) is 0.383. The number of fused-ring (bicyclic) bond motifs is 1. The van der Waals surface area contributed by atoms with Crippen LogP contribution in [-0.4, -0.2) is 39.5 Å². The van der Waals surface area contributed by atoms with Crippen molar-refractivity contribution in [3.8, 4) is 11.3 Å². The molecule has 3 N–H and O–H groups in total. The number of amides is 2. The number of thiophene rings is 1. The SMILES string of the molecule is COC(=O)c1c(NC(=O)c2cnn3c(C(F)F)cc(-c4ccc(F)cc4)nc23)sc(C(N)=O)c1C. The number of alkyl halides is 2. The van der Waals surface area contributed by atoms with E-state index in [1.807, 2.05) is 0 Å². The van der Waals surface area contributed by atoms with E-state index >= 15 is 0 Å². The first kappa shape index (κ1) is 23.9. The Balaban J connectivity index is 1.82. The molecule has 0 radical (unpaired) electrons. The first-order valence-corrected chi connectivity index (χ1v) is 10.7. The van der Waals surface area contributed by atoms with Crippen LogP contribution in [0.4, 0.5) is 18.2 Å². The number of nitrogens with one attached hydrogen (secondary N) is 1. The number of anilines is 1. The first-order chi connectivity index (χ1) is 16.6. The molecular weight excluding hydrogens is 487 g/mol. The maximum atomic E-state index is 13.8. The van der Waals surface area contributed by atoms with Crippen LogP contribution >= 0.6 is 11.3 Å². The Morgan fingerprint density at radius 3 is 2.49 bits per heavy atom. The van der Waals surface area contributed by atoms with Gasteiger partial charge in [0.05, 0.1) is 29.4 Å². The lowest BCUT2D eigenvalue weighted by atomic mass is 10.1. The summed E-state index contributed by atoms with van der Waals surface area (Å²) in [5.41, 5.74) is 5.02. The number of esters is 1. The minimum atomic E-state index is -2.96. The van der Waals surface area contributed by atoms with Gasteiger partial charge in [0.1, 0.15) is 22.1 Å². The zero-order valence-corrected chi connectivity index (χ0v) is 19.0. The van der Waals surface area contributed by atoms with E-state index in [0.717, 1.165) is 47.4 Å². The van der Waals surface area contributed by atoms with Crippen molar-refractivity contribution in [1.82, 2.24) is 14.6 Å². The van der Waals surface area contributed by atoms with Gasteiger partial charge in [0.25, 0.3) is 18.2 Å². The largest absolute Gasteiger partial charge is 0.465 e. The highest BCUT2D eigenvalue weighted by atomic mass is 32.1. The maximum absolute atomic E-state index is 13.8. The lowest BCUT2D eigenvalue weighted by molar-refractivity contribution is 0.0601. The second kappa shape index (κ2) is 9.18. The van der Waals surface area contributed by atoms with E-state index in [9.17, 15) is 27.6 Å². The second-order valence-electron chi connectivity index (χ2n) is 7.24. The highest BCUT2D eigenvalue weighted by Crippen LogP contribution is 2.34. The molecule has 0 aliphatic rings. The molecule has 0 fully saturated rings. The van der Waals surface area contributed by atoms with Crippen LogP contribution in [-0.2, 0) is 4.74 Å². The highest BCUT2D eigenvalue weighted by molar-refractivity contribution is 7.18. The third-order valence-corrected chi connectivity index (χ3v) is 6.32. The van der Waals surface area contributed by atoms with Gasteiger partial charge in [0.15, 0.2) is 5.65 Å². The van der Waals surface area contributed by atoms with Gasteiger partial charge < -0.3 is 15.8 Å². The van der Waals surface area contributed by atoms with Crippen molar-refractivity contribution >= 4 is 39.8 Å². The lowest BCUT2D eigenvalue weighted by Gasteiger charge is -2.09. The molecular formula is C22H16F3N5O4S. The number of halogens is 3. The van der Waals surface area contributed by atoms with Crippen LogP contribution in [0, 0.1) is 12.7 Å². The Kier molecular flexibility index (Phi) is 6.26. The number of benzene rings is 1. The third-order valence-electron chi connectivity index (χ3n) is 5.09. The molecule has 0 aliphatic heterocycles. The van der Waals surface area contributed by atoms with E-state index in [-0.39, 0.29) is 37.9 Å². The maximum Gasteiger partial charge on any atom is 0.341 e. The van der Waals surface area contributed by atoms with Crippen molar-refractivity contribution in [2.75, 3.05) is 12.4 Å². The Bertz CT molecular complexity index is 1480. The molecule has 4 rings (SSSR count). The van der Waals surface area contributed by atoms with Crippen LogP contribution in [0.5, 0.6) is 0 Å². The molecule has 1 aromatic carbocycles. The van der Waals surface area contributed by atoms with Gasteiger partial charge in [-0.15, -0.1) is 11.3 Å². The van der Waals surface area contributed by atoms with Crippen molar-refractivity contribution in [2.24, 2.45) is 5.73 Å². The monoisotopic (exact) mass is 503 g/mol. The molecule has 0 unspecified atom stereocenters. The fourth-order valence-corrected chi connectivity index (χ4v) is 4.47. The number of primary amides is 1. The number of methoxy groups -OCH3 is 1. The molecule has 9 nitrogen and oxygen atoms in total. The topological polar surface area (TPSA) is 129 Å². The number of nitrogens with two attached hydrogens (primary N) is 1. The standard InChI is InChI=1S/C22H16F3N5O4S/c1-9-15(22(33)34-2)21(35-16(9)18(26)31)29-20(32)12-8-27-30-14(17(24)25)7-13(28-19(12)30)10-3-5-11(23)6-4-10/h3-8,17H,1-2H3,(H2,26,31)(H,29,32). The number of ether oxygens (including phenoxy) is 1. The van der Waals surface area contributed by atoms with E-state index in [1.165, 1.54) is 19.1 Å². The minimum absolute atomic E-state index is 0.0173. The number of rotatable bonds is 6. The van der Waals surface area contributed by atoms with Crippen molar-refractivity contribution in [2.45, 2.75) is 13.3 Å². The number of hydrogen-bond acceptors (Lipinski definition) is 7. The molecule has 3 aromatic heterocycles. The second-order valence-corrected chi connectivity index (χ2v) is 8.26. The van der Waals surface area contributed by atoms with Gasteiger partial charge >= 0.3 is 5.97 Å². The molecule has 0 saturated carbocycles. The molecule has 2 amide bonds. The summed E-state index contributed by atoms with van der Waals surface area (Å²) in [6.07, 6.45) is -1.91. The average molecular weight is 503 g/mol. The lowest BCUT2D eigenvalue weighted by Crippen LogP contribution is -2.15. The number of hydrogen-bond donors (Lipinski definition) is 2. The van der Waals surface area contributed by atoms with E-state index in [2.05, 4.69) is 15.4 Å². The summed E-state index contributed by atoms with van der Waals surface area (Å²) in [7, 11) is 1.13. The van der Waals surface area contributed by atoms with E-state index in [4.69, 9.17) is 10.5 Å².